The van der Waals surface area contributed by atoms with Gasteiger partial charge in [0.15, 0.2) is 0 Å². The van der Waals surface area contributed by atoms with Crippen molar-refractivity contribution in [3.05, 3.63) is 53.1 Å². The van der Waals surface area contributed by atoms with Crippen LogP contribution < -0.4 is 15.4 Å². The van der Waals surface area contributed by atoms with Gasteiger partial charge in [0, 0.05) is 5.69 Å². The second kappa shape index (κ2) is 7.44. The van der Waals surface area contributed by atoms with Crippen molar-refractivity contribution >= 4 is 28.9 Å². The largest absolute Gasteiger partial charge is 0.495 e. The first kappa shape index (κ1) is 17.9. The van der Waals surface area contributed by atoms with Crippen LogP contribution in [0.1, 0.15) is 5.56 Å². The first-order valence-electron chi connectivity index (χ1n) is 6.84. The minimum atomic E-state index is -4.56. The predicted octanol–water partition coefficient (Wildman–Crippen LogP) is 4.42. The van der Waals surface area contributed by atoms with E-state index in [0.717, 1.165) is 12.1 Å². The van der Waals surface area contributed by atoms with E-state index in [1.807, 2.05) is 0 Å². The van der Waals surface area contributed by atoms with Gasteiger partial charge in [-0.05, 0) is 30.3 Å². The van der Waals surface area contributed by atoms with E-state index in [4.69, 9.17) is 16.3 Å². The number of rotatable bonds is 5. The number of nitrogens with one attached hydrogen (secondary N) is 2. The highest BCUT2D eigenvalue weighted by Gasteiger charge is 2.33. The lowest BCUT2D eigenvalue weighted by Crippen LogP contribution is -2.22. The molecule has 128 valence electrons. The Labute approximate surface area is 141 Å². The summed E-state index contributed by atoms with van der Waals surface area (Å²) in [5.74, 6) is 0.0553. The number of amides is 1. The second-order valence-corrected chi connectivity index (χ2v) is 5.20. The number of para-hydroxylation sites is 2. The number of anilines is 2. The van der Waals surface area contributed by atoms with E-state index in [-0.39, 0.29) is 12.2 Å². The van der Waals surface area contributed by atoms with E-state index in [2.05, 4.69) is 10.6 Å². The predicted molar refractivity (Wildman–Crippen MR) is 86.6 cm³/mol. The van der Waals surface area contributed by atoms with E-state index in [1.54, 1.807) is 24.3 Å². The zero-order valence-electron chi connectivity index (χ0n) is 12.6. The molecule has 24 heavy (non-hydrogen) atoms. The van der Waals surface area contributed by atoms with Gasteiger partial charge in [-0.25, -0.2) is 0 Å². The summed E-state index contributed by atoms with van der Waals surface area (Å²) in [5, 5.41) is 4.85. The summed E-state index contributed by atoms with van der Waals surface area (Å²) < 4.78 is 43.5. The van der Waals surface area contributed by atoms with Gasteiger partial charge in [0.25, 0.3) is 0 Å². The van der Waals surface area contributed by atoms with Crippen LogP contribution in [-0.2, 0) is 11.0 Å². The second-order valence-electron chi connectivity index (χ2n) is 4.79. The van der Waals surface area contributed by atoms with Crippen molar-refractivity contribution in [1.29, 1.82) is 0 Å². The van der Waals surface area contributed by atoms with Gasteiger partial charge >= 0.3 is 6.18 Å². The fourth-order valence-electron chi connectivity index (χ4n) is 1.98. The molecule has 0 aliphatic rings. The fraction of sp³-hybridized carbons (Fsp3) is 0.188. The summed E-state index contributed by atoms with van der Waals surface area (Å²) in [4.78, 5) is 11.9. The first-order chi connectivity index (χ1) is 11.3. The minimum absolute atomic E-state index is 0.141. The Morgan fingerprint density at radius 1 is 1.21 bits per heavy atom. The van der Waals surface area contributed by atoms with Crippen LogP contribution in [0.3, 0.4) is 0 Å². The molecule has 0 fully saturated rings. The van der Waals surface area contributed by atoms with Gasteiger partial charge < -0.3 is 15.4 Å². The first-order valence-corrected chi connectivity index (χ1v) is 7.22. The zero-order chi connectivity index (χ0) is 17.7. The Hall–Kier alpha value is -2.41. The Morgan fingerprint density at radius 3 is 2.58 bits per heavy atom. The number of ether oxygens (including phenoxy) is 1. The third-order valence-electron chi connectivity index (χ3n) is 3.11. The molecule has 0 saturated heterocycles. The zero-order valence-corrected chi connectivity index (χ0v) is 13.3. The third kappa shape index (κ3) is 4.55. The molecule has 0 aliphatic heterocycles. The number of methoxy groups -OCH3 is 1. The van der Waals surface area contributed by atoms with Crippen LogP contribution in [0.2, 0.25) is 5.02 Å². The standard InChI is InChI=1S/C16H14ClF3N2O2/c1-24-14-5-3-2-4-13(14)22-15(23)9-21-10-6-7-12(17)11(8-10)16(18,19)20/h2-8,21H,9H2,1H3,(H,22,23). The van der Waals surface area contributed by atoms with Crippen LogP contribution in [0.15, 0.2) is 42.5 Å². The van der Waals surface area contributed by atoms with Crippen molar-refractivity contribution in [3.8, 4) is 5.75 Å². The maximum Gasteiger partial charge on any atom is 0.417 e. The van der Waals surface area contributed by atoms with Crippen LogP contribution in [-0.4, -0.2) is 19.6 Å². The van der Waals surface area contributed by atoms with Crippen LogP contribution >= 0.6 is 11.6 Å². The molecule has 0 bridgehead atoms. The third-order valence-corrected chi connectivity index (χ3v) is 3.44. The number of halogens is 4. The van der Waals surface area contributed by atoms with Crippen molar-refractivity contribution in [2.75, 3.05) is 24.3 Å². The van der Waals surface area contributed by atoms with E-state index < -0.39 is 22.7 Å². The molecule has 0 atom stereocenters. The lowest BCUT2D eigenvalue weighted by Gasteiger charge is -2.13. The summed E-state index contributed by atoms with van der Waals surface area (Å²) in [6, 6.07) is 10.2. The molecule has 0 unspecified atom stereocenters. The SMILES string of the molecule is COc1ccccc1NC(=O)CNc1ccc(Cl)c(C(F)(F)F)c1. The lowest BCUT2D eigenvalue weighted by atomic mass is 10.2. The Bertz CT molecular complexity index is 736. The molecule has 0 aliphatic carbocycles. The highest BCUT2D eigenvalue weighted by atomic mass is 35.5. The Kier molecular flexibility index (Phi) is 5.56. The topological polar surface area (TPSA) is 50.4 Å². The number of hydrogen-bond acceptors (Lipinski definition) is 3. The van der Waals surface area contributed by atoms with Gasteiger partial charge in [-0.1, -0.05) is 23.7 Å². The van der Waals surface area contributed by atoms with E-state index >= 15 is 0 Å². The van der Waals surface area contributed by atoms with Crippen LogP contribution in [0.25, 0.3) is 0 Å². The van der Waals surface area contributed by atoms with E-state index in [1.165, 1.54) is 13.2 Å². The molecule has 0 spiro atoms. The summed E-state index contributed by atoms with van der Waals surface area (Å²) in [6.45, 7) is -0.211. The minimum Gasteiger partial charge on any atom is -0.495 e. The van der Waals surface area contributed by atoms with E-state index in [0.29, 0.717) is 11.4 Å². The average molecular weight is 359 g/mol. The highest BCUT2D eigenvalue weighted by molar-refractivity contribution is 6.31. The van der Waals surface area contributed by atoms with Gasteiger partial charge in [-0.3, -0.25) is 4.79 Å². The van der Waals surface area contributed by atoms with Crippen molar-refractivity contribution in [2.24, 2.45) is 0 Å². The summed E-state index contributed by atoms with van der Waals surface area (Å²) in [6.07, 6.45) is -4.56. The Balaban J connectivity index is 2.02. The smallest absolute Gasteiger partial charge is 0.417 e. The van der Waals surface area contributed by atoms with Gasteiger partial charge in [-0.2, -0.15) is 13.2 Å². The van der Waals surface area contributed by atoms with Gasteiger partial charge in [0.2, 0.25) is 5.91 Å². The molecule has 4 nitrogen and oxygen atoms in total. The highest BCUT2D eigenvalue weighted by Crippen LogP contribution is 2.36. The van der Waals surface area contributed by atoms with Crippen LogP contribution in [0, 0.1) is 0 Å². The van der Waals surface area contributed by atoms with Crippen LogP contribution in [0.4, 0.5) is 24.5 Å². The number of alkyl halides is 3. The molecule has 2 aromatic carbocycles. The molecular formula is C16H14ClF3N2O2. The quantitative estimate of drug-likeness (QED) is 0.832. The normalized spacial score (nSPS) is 11.0. The molecular weight excluding hydrogens is 345 g/mol. The van der Waals surface area contributed by atoms with Crippen molar-refractivity contribution < 1.29 is 22.7 Å². The molecule has 2 N–H and O–H groups in total. The van der Waals surface area contributed by atoms with Crippen LogP contribution in [0.5, 0.6) is 5.75 Å². The number of carbonyl (C=O) groups is 1. The molecule has 2 aromatic rings. The molecule has 2 rings (SSSR count). The summed E-state index contributed by atoms with van der Waals surface area (Å²) in [5.41, 5.74) is -0.347. The molecule has 1 amide bonds. The van der Waals surface area contributed by atoms with Gasteiger partial charge in [0.1, 0.15) is 5.75 Å². The molecule has 0 heterocycles. The lowest BCUT2D eigenvalue weighted by molar-refractivity contribution is -0.137. The van der Waals surface area contributed by atoms with Crippen molar-refractivity contribution in [3.63, 3.8) is 0 Å². The Morgan fingerprint density at radius 2 is 1.92 bits per heavy atom. The fourth-order valence-corrected chi connectivity index (χ4v) is 2.20. The molecule has 0 saturated carbocycles. The van der Waals surface area contributed by atoms with Crippen molar-refractivity contribution in [1.82, 2.24) is 0 Å². The molecule has 8 heteroatoms. The van der Waals surface area contributed by atoms with Gasteiger partial charge in [0.05, 0.1) is 29.9 Å². The monoisotopic (exact) mass is 358 g/mol. The van der Waals surface area contributed by atoms with Crippen molar-refractivity contribution in [2.45, 2.75) is 6.18 Å². The average Bonchev–Trinajstić information content (AvgIpc) is 2.53. The maximum atomic E-state index is 12.8. The number of carbonyl (C=O) groups excluding carboxylic acids is 1. The molecule has 0 radical (unpaired) electrons. The van der Waals surface area contributed by atoms with E-state index in [9.17, 15) is 18.0 Å². The van der Waals surface area contributed by atoms with Gasteiger partial charge in [-0.15, -0.1) is 0 Å². The maximum absolute atomic E-state index is 12.8. The summed E-state index contributed by atoms with van der Waals surface area (Å²) in [7, 11) is 1.47. The number of hydrogen-bond donors (Lipinski definition) is 2. The molecule has 0 aromatic heterocycles. The summed E-state index contributed by atoms with van der Waals surface area (Å²) >= 11 is 5.54. The number of benzene rings is 2.